The largest absolute Gasteiger partial charge is 0.365 e. The van der Waals surface area contributed by atoms with Crippen LogP contribution in [0, 0.1) is 0 Å². The van der Waals surface area contributed by atoms with Crippen LogP contribution in [0.25, 0.3) is 0 Å². The maximum Gasteiger partial charge on any atom is 0.154 e. The van der Waals surface area contributed by atoms with Crippen LogP contribution in [0.1, 0.15) is 12.6 Å². The molecule has 0 amide bonds. The first kappa shape index (κ1) is 9.29. The SMILES string of the molecule is COC(C)OCCc1ccc[nH]1. The van der Waals surface area contributed by atoms with Crippen LogP contribution >= 0.6 is 0 Å². The molecule has 1 aromatic heterocycles. The number of hydrogen-bond acceptors (Lipinski definition) is 2. The van der Waals surface area contributed by atoms with E-state index in [0.717, 1.165) is 6.42 Å². The van der Waals surface area contributed by atoms with E-state index < -0.39 is 0 Å². The summed E-state index contributed by atoms with van der Waals surface area (Å²) in [5.74, 6) is 0. The van der Waals surface area contributed by atoms with Gasteiger partial charge in [-0.2, -0.15) is 0 Å². The predicted molar refractivity (Wildman–Crippen MR) is 46.9 cm³/mol. The minimum absolute atomic E-state index is 0.111. The average Bonchev–Trinajstić information content (AvgIpc) is 2.57. The highest BCUT2D eigenvalue weighted by Crippen LogP contribution is 1.98. The van der Waals surface area contributed by atoms with Gasteiger partial charge in [0, 0.05) is 25.4 Å². The molecule has 68 valence electrons. The molecule has 1 unspecified atom stereocenters. The minimum Gasteiger partial charge on any atom is -0.365 e. The summed E-state index contributed by atoms with van der Waals surface area (Å²) >= 11 is 0. The number of aromatic nitrogens is 1. The number of hydrogen-bond donors (Lipinski definition) is 1. The van der Waals surface area contributed by atoms with Crippen LogP contribution in [0.2, 0.25) is 0 Å². The molecule has 0 saturated carbocycles. The number of nitrogens with one attached hydrogen (secondary N) is 1. The molecule has 0 spiro atoms. The van der Waals surface area contributed by atoms with Gasteiger partial charge in [-0.15, -0.1) is 0 Å². The van der Waals surface area contributed by atoms with E-state index in [1.54, 1.807) is 7.11 Å². The second kappa shape index (κ2) is 4.95. The van der Waals surface area contributed by atoms with Crippen LogP contribution in [0.3, 0.4) is 0 Å². The molecule has 1 aromatic rings. The number of H-pyrrole nitrogens is 1. The molecule has 0 fully saturated rings. The molecule has 3 nitrogen and oxygen atoms in total. The molecule has 1 rings (SSSR count). The van der Waals surface area contributed by atoms with Crippen molar-refractivity contribution in [2.75, 3.05) is 13.7 Å². The molecule has 1 N–H and O–H groups in total. The van der Waals surface area contributed by atoms with Crippen molar-refractivity contribution in [2.45, 2.75) is 19.6 Å². The molecule has 0 aliphatic carbocycles. The van der Waals surface area contributed by atoms with Crippen molar-refractivity contribution >= 4 is 0 Å². The van der Waals surface area contributed by atoms with E-state index in [0.29, 0.717) is 6.61 Å². The lowest BCUT2D eigenvalue weighted by atomic mass is 10.3. The topological polar surface area (TPSA) is 34.2 Å². The van der Waals surface area contributed by atoms with Crippen molar-refractivity contribution in [3.05, 3.63) is 24.0 Å². The summed E-state index contributed by atoms with van der Waals surface area (Å²) in [7, 11) is 1.64. The van der Waals surface area contributed by atoms with E-state index in [9.17, 15) is 0 Å². The van der Waals surface area contributed by atoms with Gasteiger partial charge in [0.1, 0.15) is 0 Å². The zero-order valence-electron chi connectivity index (χ0n) is 7.54. The fourth-order valence-corrected chi connectivity index (χ4v) is 0.926. The fourth-order valence-electron chi connectivity index (χ4n) is 0.926. The number of ether oxygens (including phenoxy) is 2. The second-order valence-electron chi connectivity index (χ2n) is 2.62. The summed E-state index contributed by atoms with van der Waals surface area (Å²) in [6.45, 7) is 2.57. The third kappa shape index (κ3) is 3.07. The predicted octanol–water partition coefficient (Wildman–Crippen LogP) is 1.57. The molecule has 12 heavy (non-hydrogen) atoms. The van der Waals surface area contributed by atoms with Crippen molar-refractivity contribution in [2.24, 2.45) is 0 Å². The van der Waals surface area contributed by atoms with Crippen molar-refractivity contribution in [3.63, 3.8) is 0 Å². The Morgan fingerprint density at radius 3 is 3.00 bits per heavy atom. The molecule has 0 aliphatic heterocycles. The number of rotatable bonds is 5. The zero-order valence-corrected chi connectivity index (χ0v) is 7.54. The first-order valence-electron chi connectivity index (χ1n) is 4.09. The van der Waals surface area contributed by atoms with Gasteiger partial charge in [0.2, 0.25) is 0 Å². The molecular formula is C9H15NO2. The Balaban J connectivity index is 2.11. The second-order valence-corrected chi connectivity index (χ2v) is 2.62. The maximum atomic E-state index is 5.32. The van der Waals surface area contributed by atoms with E-state index in [1.165, 1.54) is 5.69 Å². The van der Waals surface area contributed by atoms with Crippen LogP contribution in [0.15, 0.2) is 18.3 Å². The smallest absolute Gasteiger partial charge is 0.154 e. The van der Waals surface area contributed by atoms with Crippen molar-refractivity contribution < 1.29 is 9.47 Å². The lowest BCUT2D eigenvalue weighted by Crippen LogP contribution is -2.12. The summed E-state index contributed by atoms with van der Waals surface area (Å²) in [5, 5.41) is 0. The molecule has 0 aromatic carbocycles. The molecule has 0 aliphatic rings. The Hall–Kier alpha value is -0.800. The third-order valence-corrected chi connectivity index (χ3v) is 1.72. The summed E-state index contributed by atoms with van der Waals surface area (Å²) in [6.07, 6.45) is 2.70. The van der Waals surface area contributed by atoms with Crippen LogP contribution in [-0.2, 0) is 15.9 Å². The minimum atomic E-state index is -0.111. The van der Waals surface area contributed by atoms with Gasteiger partial charge in [-0.25, -0.2) is 0 Å². The monoisotopic (exact) mass is 169 g/mol. The maximum absolute atomic E-state index is 5.32. The standard InChI is InChI=1S/C9H15NO2/c1-8(11-2)12-7-5-9-4-3-6-10-9/h3-4,6,8,10H,5,7H2,1-2H3. The quantitative estimate of drug-likeness (QED) is 0.679. The van der Waals surface area contributed by atoms with Crippen LogP contribution in [-0.4, -0.2) is 25.0 Å². The summed E-state index contributed by atoms with van der Waals surface area (Å²) < 4.78 is 10.3. The zero-order chi connectivity index (χ0) is 8.81. The van der Waals surface area contributed by atoms with E-state index in [-0.39, 0.29) is 6.29 Å². The summed E-state index contributed by atoms with van der Waals surface area (Å²) in [5.41, 5.74) is 1.19. The number of aromatic amines is 1. The first-order valence-corrected chi connectivity index (χ1v) is 4.09. The van der Waals surface area contributed by atoms with Crippen LogP contribution in [0.5, 0.6) is 0 Å². The Bertz CT molecular complexity index is 196. The molecule has 1 heterocycles. The van der Waals surface area contributed by atoms with Gasteiger partial charge in [0.05, 0.1) is 6.61 Å². The Morgan fingerprint density at radius 2 is 2.42 bits per heavy atom. The van der Waals surface area contributed by atoms with E-state index in [2.05, 4.69) is 4.98 Å². The molecule has 0 saturated heterocycles. The molecule has 0 radical (unpaired) electrons. The first-order chi connectivity index (χ1) is 5.83. The molecular weight excluding hydrogens is 154 g/mol. The fraction of sp³-hybridized carbons (Fsp3) is 0.556. The van der Waals surface area contributed by atoms with Gasteiger partial charge in [0.15, 0.2) is 6.29 Å². The third-order valence-electron chi connectivity index (χ3n) is 1.72. The van der Waals surface area contributed by atoms with Crippen molar-refractivity contribution in [1.82, 2.24) is 4.98 Å². The van der Waals surface area contributed by atoms with Gasteiger partial charge in [-0.05, 0) is 19.1 Å². The Morgan fingerprint density at radius 1 is 1.58 bits per heavy atom. The Labute approximate surface area is 72.7 Å². The van der Waals surface area contributed by atoms with E-state index in [1.807, 2.05) is 25.3 Å². The lowest BCUT2D eigenvalue weighted by Gasteiger charge is -2.09. The Kier molecular flexibility index (Phi) is 3.84. The van der Waals surface area contributed by atoms with Crippen LogP contribution in [0.4, 0.5) is 0 Å². The molecule has 0 bridgehead atoms. The van der Waals surface area contributed by atoms with E-state index in [4.69, 9.17) is 9.47 Å². The van der Waals surface area contributed by atoms with Gasteiger partial charge >= 0.3 is 0 Å². The van der Waals surface area contributed by atoms with Gasteiger partial charge in [-0.1, -0.05) is 0 Å². The van der Waals surface area contributed by atoms with Crippen molar-refractivity contribution in [1.29, 1.82) is 0 Å². The van der Waals surface area contributed by atoms with E-state index >= 15 is 0 Å². The number of methoxy groups -OCH3 is 1. The van der Waals surface area contributed by atoms with Crippen molar-refractivity contribution in [3.8, 4) is 0 Å². The lowest BCUT2D eigenvalue weighted by molar-refractivity contribution is -0.109. The highest BCUT2D eigenvalue weighted by Gasteiger charge is 1.98. The van der Waals surface area contributed by atoms with Crippen LogP contribution < -0.4 is 0 Å². The highest BCUT2D eigenvalue weighted by molar-refractivity contribution is 5.03. The molecule has 3 heteroatoms. The summed E-state index contributed by atoms with van der Waals surface area (Å²) in [6, 6.07) is 4.02. The highest BCUT2D eigenvalue weighted by atomic mass is 16.7. The summed E-state index contributed by atoms with van der Waals surface area (Å²) in [4.78, 5) is 3.11. The average molecular weight is 169 g/mol. The van der Waals surface area contributed by atoms with Gasteiger partial charge < -0.3 is 14.5 Å². The normalized spacial score (nSPS) is 13.2. The van der Waals surface area contributed by atoms with Gasteiger partial charge in [0.25, 0.3) is 0 Å². The van der Waals surface area contributed by atoms with Gasteiger partial charge in [-0.3, -0.25) is 0 Å². The molecule has 1 atom stereocenters.